The molecular weight excluding hydrogens is 316 g/mol. The van der Waals surface area contributed by atoms with E-state index in [4.69, 9.17) is 14.6 Å². The molecule has 0 radical (unpaired) electrons. The van der Waals surface area contributed by atoms with Gasteiger partial charge in [0.1, 0.15) is 12.2 Å². The van der Waals surface area contributed by atoms with Crippen LogP contribution in [0.25, 0.3) is 0 Å². The van der Waals surface area contributed by atoms with Crippen molar-refractivity contribution in [3.8, 4) is 0 Å². The first-order valence-electron chi connectivity index (χ1n) is 8.03. The number of ether oxygens (including phenoxy) is 1. The van der Waals surface area contributed by atoms with Crippen LogP contribution in [-0.4, -0.2) is 68.6 Å². The Bertz CT molecular complexity index is 556. The number of carboxylic acid groups (broad SMARTS) is 2. The van der Waals surface area contributed by atoms with Crippen LogP contribution in [0.3, 0.4) is 0 Å². The summed E-state index contributed by atoms with van der Waals surface area (Å²) in [5, 5.41) is 20.6. The fourth-order valence-electron chi connectivity index (χ4n) is 3.69. The van der Waals surface area contributed by atoms with Crippen LogP contribution in [0.2, 0.25) is 0 Å². The Hall–Kier alpha value is -2.00. The lowest BCUT2D eigenvalue weighted by Crippen LogP contribution is -2.40. The van der Waals surface area contributed by atoms with Gasteiger partial charge >= 0.3 is 5.97 Å². The van der Waals surface area contributed by atoms with E-state index in [2.05, 4.69) is 15.0 Å². The molecule has 0 saturated carbocycles. The zero-order valence-electron chi connectivity index (χ0n) is 13.8. The zero-order valence-corrected chi connectivity index (χ0v) is 13.8. The summed E-state index contributed by atoms with van der Waals surface area (Å²) in [6.45, 7) is 5.97. The first-order chi connectivity index (χ1) is 11.6. The molecule has 1 unspecified atom stereocenters. The van der Waals surface area contributed by atoms with E-state index in [0.29, 0.717) is 26.3 Å². The van der Waals surface area contributed by atoms with E-state index in [9.17, 15) is 9.90 Å². The number of hydrogen-bond acceptors (Lipinski definition) is 6. The van der Waals surface area contributed by atoms with Gasteiger partial charge in [-0.25, -0.2) is 9.67 Å². The molecular formula is C15H24N4O5. The van der Waals surface area contributed by atoms with Gasteiger partial charge in [0.15, 0.2) is 0 Å². The summed E-state index contributed by atoms with van der Waals surface area (Å²) in [5.41, 5.74) is -0.138. The van der Waals surface area contributed by atoms with Crippen molar-refractivity contribution in [3.05, 3.63) is 12.2 Å². The van der Waals surface area contributed by atoms with Crippen molar-refractivity contribution in [2.75, 3.05) is 26.3 Å². The molecule has 9 heteroatoms. The van der Waals surface area contributed by atoms with Crippen molar-refractivity contribution in [2.24, 2.45) is 11.3 Å². The van der Waals surface area contributed by atoms with E-state index >= 15 is 0 Å². The summed E-state index contributed by atoms with van der Waals surface area (Å²) in [4.78, 5) is 26.5. The zero-order chi connectivity index (χ0) is 17.6. The predicted octanol–water partition coefficient (Wildman–Crippen LogP) is 0.312. The highest BCUT2D eigenvalue weighted by molar-refractivity contribution is 5.72. The van der Waals surface area contributed by atoms with Gasteiger partial charge in [0.2, 0.25) is 0 Å². The number of aromatic nitrogens is 3. The topological polar surface area (TPSA) is 118 Å². The third kappa shape index (κ3) is 3.90. The largest absolute Gasteiger partial charge is 0.483 e. The molecule has 3 heterocycles. The second kappa shape index (κ2) is 8.20. The molecule has 2 aliphatic heterocycles. The molecule has 24 heavy (non-hydrogen) atoms. The van der Waals surface area contributed by atoms with E-state index in [1.807, 2.05) is 11.6 Å². The molecule has 0 bridgehead atoms. The summed E-state index contributed by atoms with van der Waals surface area (Å²) in [5.74, 6) is -0.0819. The smallest absolute Gasteiger partial charge is 0.308 e. The van der Waals surface area contributed by atoms with Gasteiger partial charge in [-0.3, -0.25) is 14.5 Å². The van der Waals surface area contributed by atoms with Gasteiger partial charge in [0.25, 0.3) is 6.47 Å². The molecule has 2 aliphatic rings. The van der Waals surface area contributed by atoms with Crippen LogP contribution in [0.4, 0.5) is 0 Å². The van der Waals surface area contributed by atoms with Gasteiger partial charge < -0.3 is 14.9 Å². The number of likely N-dealkylation sites (tertiary alicyclic amines) is 1. The second-order valence-electron chi connectivity index (χ2n) is 6.13. The number of carboxylic acids is 1. The minimum atomic E-state index is -0.684. The lowest BCUT2D eigenvalue weighted by atomic mass is 9.72. The Morgan fingerprint density at radius 1 is 1.50 bits per heavy atom. The SMILES string of the molecule is CCn1ncnc1CN1CC(C(=O)O)C2(CCOCC2)C1.O=CO. The van der Waals surface area contributed by atoms with Crippen LogP contribution in [0.15, 0.2) is 6.33 Å². The highest BCUT2D eigenvalue weighted by Gasteiger charge is 2.50. The highest BCUT2D eigenvalue weighted by Crippen LogP contribution is 2.44. The lowest BCUT2D eigenvalue weighted by Gasteiger charge is -2.36. The van der Waals surface area contributed by atoms with E-state index in [1.54, 1.807) is 6.33 Å². The standard InChI is InChI=1S/C14H22N4O3.CH2O2/c1-2-18-12(15-10-16-18)8-17-7-11(13(19)20)14(9-17)3-5-21-6-4-14;2-1-3/h10-11H,2-9H2,1H3,(H,19,20);1H,(H,2,3). The minimum Gasteiger partial charge on any atom is -0.483 e. The molecule has 2 N–H and O–H groups in total. The molecule has 0 amide bonds. The number of nitrogens with zero attached hydrogens (tertiary/aromatic N) is 4. The normalized spacial score (nSPS) is 22.8. The van der Waals surface area contributed by atoms with Crippen molar-refractivity contribution < 1.29 is 24.5 Å². The molecule has 1 atom stereocenters. The molecule has 1 aromatic rings. The van der Waals surface area contributed by atoms with E-state index in [-0.39, 0.29) is 17.8 Å². The molecule has 0 aromatic carbocycles. The molecule has 1 spiro atoms. The number of aryl methyl sites for hydroxylation is 1. The number of aliphatic carboxylic acids is 1. The molecule has 1 aromatic heterocycles. The molecule has 134 valence electrons. The van der Waals surface area contributed by atoms with Crippen LogP contribution in [-0.2, 0) is 27.4 Å². The Labute approximate surface area is 140 Å². The van der Waals surface area contributed by atoms with Gasteiger partial charge in [0, 0.05) is 38.3 Å². The van der Waals surface area contributed by atoms with E-state index in [1.165, 1.54) is 0 Å². The maximum atomic E-state index is 11.6. The fourth-order valence-corrected chi connectivity index (χ4v) is 3.69. The first kappa shape index (κ1) is 18.3. The van der Waals surface area contributed by atoms with Crippen LogP contribution in [0.5, 0.6) is 0 Å². The molecule has 2 fully saturated rings. The van der Waals surface area contributed by atoms with Crippen LogP contribution in [0, 0.1) is 11.3 Å². The van der Waals surface area contributed by atoms with Crippen molar-refractivity contribution >= 4 is 12.4 Å². The summed E-state index contributed by atoms with van der Waals surface area (Å²) in [7, 11) is 0. The third-order valence-electron chi connectivity index (χ3n) is 4.87. The summed E-state index contributed by atoms with van der Waals surface area (Å²) in [6, 6.07) is 0. The summed E-state index contributed by atoms with van der Waals surface area (Å²) in [6.07, 6.45) is 3.23. The minimum absolute atomic E-state index is 0.138. The van der Waals surface area contributed by atoms with Crippen molar-refractivity contribution in [3.63, 3.8) is 0 Å². The molecule has 2 saturated heterocycles. The molecule has 3 rings (SSSR count). The maximum Gasteiger partial charge on any atom is 0.308 e. The van der Waals surface area contributed by atoms with Gasteiger partial charge in [0.05, 0.1) is 12.5 Å². The van der Waals surface area contributed by atoms with Gasteiger partial charge in [-0.2, -0.15) is 5.10 Å². The predicted molar refractivity (Wildman–Crippen MR) is 83.3 cm³/mol. The lowest BCUT2D eigenvalue weighted by molar-refractivity contribution is -0.147. The van der Waals surface area contributed by atoms with Gasteiger partial charge in [-0.1, -0.05) is 0 Å². The van der Waals surface area contributed by atoms with Gasteiger partial charge in [-0.15, -0.1) is 0 Å². The Kier molecular flexibility index (Phi) is 6.27. The maximum absolute atomic E-state index is 11.6. The number of hydrogen-bond donors (Lipinski definition) is 2. The Morgan fingerprint density at radius 2 is 2.17 bits per heavy atom. The molecule has 9 nitrogen and oxygen atoms in total. The van der Waals surface area contributed by atoms with Crippen molar-refractivity contribution in [2.45, 2.75) is 32.9 Å². The van der Waals surface area contributed by atoms with E-state index in [0.717, 1.165) is 31.8 Å². The fraction of sp³-hybridized carbons (Fsp3) is 0.733. The number of carbonyl (C=O) groups is 2. The van der Waals surface area contributed by atoms with Gasteiger partial charge in [-0.05, 0) is 19.8 Å². The quantitative estimate of drug-likeness (QED) is 0.752. The number of rotatable bonds is 4. The van der Waals surface area contributed by atoms with Crippen LogP contribution >= 0.6 is 0 Å². The van der Waals surface area contributed by atoms with Crippen LogP contribution < -0.4 is 0 Å². The summed E-state index contributed by atoms with van der Waals surface area (Å²) < 4.78 is 7.29. The Morgan fingerprint density at radius 3 is 2.75 bits per heavy atom. The Balaban J connectivity index is 0.000000647. The van der Waals surface area contributed by atoms with Crippen molar-refractivity contribution in [1.82, 2.24) is 19.7 Å². The van der Waals surface area contributed by atoms with E-state index < -0.39 is 5.97 Å². The average Bonchev–Trinajstić information content (AvgIpc) is 3.14. The highest BCUT2D eigenvalue weighted by atomic mass is 16.5. The third-order valence-corrected chi connectivity index (χ3v) is 4.87. The first-order valence-corrected chi connectivity index (χ1v) is 8.03. The summed E-state index contributed by atoms with van der Waals surface area (Å²) >= 11 is 0. The monoisotopic (exact) mass is 340 g/mol. The van der Waals surface area contributed by atoms with Crippen LogP contribution in [0.1, 0.15) is 25.6 Å². The average molecular weight is 340 g/mol. The molecule has 0 aliphatic carbocycles. The van der Waals surface area contributed by atoms with Crippen molar-refractivity contribution in [1.29, 1.82) is 0 Å². The second-order valence-corrected chi connectivity index (χ2v) is 6.13.